The summed E-state index contributed by atoms with van der Waals surface area (Å²) in [5.74, 6) is 0.717. The van der Waals surface area contributed by atoms with Crippen LogP contribution in [0.15, 0.2) is 47.8 Å². The van der Waals surface area contributed by atoms with Crippen molar-refractivity contribution in [3.63, 3.8) is 0 Å². The molecule has 0 saturated carbocycles. The standard InChI is InChI=1S/C13H14N4/c1-2-11-6-7-12(15-9-11)10-16-17-13-5-3-4-8-14-13/h3-10H,2H2,1H3,(H,14,17). The van der Waals surface area contributed by atoms with Crippen LogP contribution in [-0.2, 0) is 6.42 Å². The fourth-order valence-electron chi connectivity index (χ4n) is 1.31. The van der Waals surface area contributed by atoms with Crippen LogP contribution in [0.5, 0.6) is 0 Å². The summed E-state index contributed by atoms with van der Waals surface area (Å²) in [7, 11) is 0. The van der Waals surface area contributed by atoms with E-state index in [0.29, 0.717) is 5.82 Å². The Hall–Kier alpha value is -2.23. The summed E-state index contributed by atoms with van der Waals surface area (Å²) in [5, 5.41) is 4.07. The number of rotatable bonds is 4. The second kappa shape index (κ2) is 5.75. The maximum atomic E-state index is 4.27. The zero-order chi connectivity index (χ0) is 11.9. The Bertz CT molecular complexity index is 477. The molecule has 0 unspecified atom stereocenters. The molecule has 0 aliphatic rings. The lowest BCUT2D eigenvalue weighted by atomic mass is 10.2. The van der Waals surface area contributed by atoms with E-state index in [0.717, 1.165) is 12.1 Å². The highest BCUT2D eigenvalue weighted by atomic mass is 15.3. The lowest BCUT2D eigenvalue weighted by Gasteiger charge is -1.98. The fourth-order valence-corrected chi connectivity index (χ4v) is 1.31. The average Bonchev–Trinajstić information content (AvgIpc) is 2.41. The Kier molecular flexibility index (Phi) is 3.81. The van der Waals surface area contributed by atoms with Crippen molar-refractivity contribution in [2.75, 3.05) is 5.43 Å². The van der Waals surface area contributed by atoms with Gasteiger partial charge in [0.15, 0.2) is 0 Å². The van der Waals surface area contributed by atoms with Crippen molar-refractivity contribution in [1.82, 2.24) is 9.97 Å². The molecule has 0 fully saturated rings. The SMILES string of the molecule is CCc1ccc(C=NNc2ccccn2)nc1. The van der Waals surface area contributed by atoms with Crippen LogP contribution in [0.3, 0.4) is 0 Å². The minimum absolute atomic E-state index is 0.717. The van der Waals surface area contributed by atoms with Crippen LogP contribution in [-0.4, -0.2) is 16.2 Å². The maximum Gasteiger partial charge on any atom is 0.146 e. The number of hydrogen-bond acceptors (Lipinski definition) is 4. The first-order valence-electron chi connectivity index (χ1n) is 5.53. The van der Waals surface area contributed by atoms with Gasteiger partial charge in [0.25, 0.3) is 0 Å². The molecule has 0 spiro atoms. The smallest absolute Gasteiger partial charge is 0.146 e. The normalized spacial score (nSPS) is 10.6. The van der Waals surface area contributed by atoms with Gasteiger partial charge in [-0.25, -0.2) is 4.98 Å². The molecule has 0 aromatic carbocycles. The van der Waals surface area contributed by atoms with Gasteiger partial charge in [-0.2, -0.15) is 5.10 Å². The molecule has 2 rings (SSSR count). The van der Waals surface area contributed by atoms with E-state index in [-0.39, 0.29) is 0 Å². The summed E-state index contributed by atoms with van der Waals surface area (Å²) in [6, 6.07) is 9.61. The van der Waals surface area contributed by atoms with E-state index in [9.17, 15) is 0 Å². The van der Waals surface area contributed by atoms with Gasteiger partial charge in [0, 0.05) is 12.4 Å². The predicted molar refractivity (Wildman–Crippen MR) is 69.1 cm³/mol. The summed E-state index contributed by atoms with van der Waals surface area (Å²) in [4.78, 5) is 8.36. The number of hydrazone groups is 1. The highest BCUT2D eigenvalue weighted by Crippen LogP contribution is 2.01. The lowest BCUT2D eigenvalue weighted by Crippen LogP contribution is -1.94. The molecule has 0 aliphatic carbocycles. The first-order chi connectivity index (χ1) is 8.38. The van der Waals surface area contributed by atoms with Gasteiger partial charge in [-0.1, -0.05) is 19.1 Å². The molecule has 4 nitrogen and oxygen atoms in total. The van der Waals surface area contributed by atoms with Crippen molar-refractivity contribution in [2.24, 2.45) is 5.10 Å². The van der Waals surface area contributed by atoms with E-state index in [2.05, 4.69) is 33.5 Å². The maximum absolute atomic E-state index is 4.27. The molecule has 2 heterocycles. The van der Waals surface area contributed by atoms with Gasteiger partial charge >= 0.3 is 0 Å². The Balaban J connectivity index is 1.96. The predicted octanol–water partition coefficient (Wildman–Crippen LogP) is 2.49. The van der Waals surface area contributed by atoms with Crippen LogP contribution >= 0.6 is 0 Å². The van der Waals surface area contributed by atoms with Crippen molar-refractivity contribution < 1.29 is 0 Å². The summed E-state index contributed by atoms with van der Waals surface area (Å²) < 4.78 is 0. The van der Waals surface area contributed by atoms with E-state index in [1.807, 2.05) is 30.5 Å². The van der Waals surface area contributed by atoms with E-state index < -0.39 is 0 Å². The number of aromatic nitrogens is 2. The third kappa shape index (κ3) is 3.38. The number of pyridine rings is 2. The second-order valence-corrected chi connectivity index (χ2v) is 3.53. The van der Waals surface area contributed by atoms with Crippen molar-refractivity contribution in [3.8, 4) is 0 Å². The molecular formula is C13H14N4. The summed E-state index contributed by atoms with van der Waals surface area (Å²) in [6.45, 7) is 2.10. The average molecular weight is 226 g/mol. The molecule has 1 N–H and O–H groups in total. The Morgan fingerprint density at radius 3 is 2.82 bits per heavy atom. The summed E-state index contributed by atoms with van der Waals surface area (Å²) >= 11 is 0. The molecule has 0 amide bonds. The molecular weight excluding hydrogens is 212 g/mol. The van der Waals surface area contributed by atoms with Gasteiger partial charge in [0.1, 0.15) is 5.82 Å². The molecule has 0 atom stereocenters. The monoisotopic (exact) mass is 226 g/mol. The van der Waals surface area contributed by atoms with Crippen LogP contribution in [0.2, 0.25) is 0 Å². The van der Waals surface area contributed by atoms with Crippen molar-refractivity contribution in [1.29, 1.82) is 0 Å². The van der Waals surface area contributed by atoms with E-state index in [4.69, 9.17) is 0 Å². The summed E-state index contributed by atoms with van der Waals surface area (Å²) in [6.07, 6.45) is 6.25. The molecule has 86 valence electrons. The van der Waals surface area contributed by atoms with Gasteiger partial charge in [-0.3, -0.25) is 10.4 Å². The van der Waals surface area contributed by atoms with Crippen LogP contribution in [0.4, 0.5) is 5.82 Å². The lowest BCUT2D eigenvalue weighted by molar-refractivity contribution is 1.10. The molecule has 0 saturated heterocycles. The fraction of sp³-hybridized carbons (Fsp3) is 0.154. The topological polar surface area (TPSA) is 50.2 Å². The van der Waals surface area contributed by atoms with Crippen molar-refractivity contribution in [2.45, 2.75) is 13.3 Å². The highest BCUT2D eigenvalue weighted by molar-refractivity contribution is 5.77. The third-order valence-corrected chi connectivity index (χ3v) is 2.30. The zero-order valence-corrected chi connectivity index (χ0v) is 9.67. The van der Waals surface area contributed by atoms with Crippen molar-refractivity contribution >= 4 is 12.0 Å². The van der Waals surface area contributed by atoms with Crippen LogP contribution < -0.4 is 5.43 Å². The van der Waals surface area contributed by atoms with Crippen LogP contribution in [0.1, 0.15) is 18.2 Å². The molecule has 0 radical (unpaired) electrons. The Labute approximate surface area is 100 Å². The van der Waals surface area contributed by atoms with Crippen LogP contribution in [0.25, 0.3) is 0 Å². The Morgan fingerprint density at radius 2 is 2.18 bits per heavy atom. The molecule has 0 aliphatic heterocycles. The highest BCUT2D eigenvalue weighted by Gasteiger charge is 1.91. The molecule has 17 heavy (non-hydrogen) atoms. The van der Waals surface area contributed by atoms with Gasteiger partial charge in [-0.15, -0.1) is 0 Å². The van der Waals surface area contributed by atoms with Gasteiger partial charge < -0.3 is 0 Å². The molecule has 2 aromatic heterocycles. The third-order valence-electron chi connectivity index (χ3n) is 2.30. The summed E-state index contributed by atoms with van der Waals surface area (Å²) in [5.41, 5.74) is 4.89. The minimum atomic E-state index is 0.717. The molecule has 4 heteroatoms. The number of hydrogen-bond donors (Lipinski definition) is 1. The number of aryl methyl sites for hydroxylation is 1. The van der Waals surface area contributed by atoms with Crippen molar-refractivity contribution in [3.05, 3.63) is 54.0 Å². The Morgan fingerprint density at radius 1 is 1.24 bits per heavy atom. The van der Waals surface area contributed by atoms with Gasteiger partial charge in [-0.05, 0) is 30.2 Å². The largest absolute Gasteiger partial charge is 0.261 e. The number of nitrogens with zero attached hydrogens (tertiary/aromatic N) is 3. The van der Waals surface area contributed by atoms with Crippen LogP contribution in [0, 0.1) is 0 Å². The first-order valence-corrected chi connectivity index (χ1v) is 5.53. The van der Waals surface area contributed by atoms with Gasteiger partial charge in [0.2, 0.25) is 0 Å². The van der Waals surface area contributed by atoms with Gasteiger partial charge in [0.05, 0.1) is 11.9 Å². The minimum Gasteiger partial charge on any atom is -0.261 e. The second-order valence-electron chi connectivity index (χ2n) is 3.53. The number of nitrogens with one attached hydrogen (secondary N) is 1. The van der Waals surface area contributed by atoms with E-state index >= 15 is 0 Å². The quantitative estimate of drug-likeness (QED) is 0.643. The molecule has 2 aromatic rings. The zero-order valence-electron chi connectivity index (χ0n) is 9.67. The first kappa shape index (κ1) is 11.3. The van der Waals surface area contributed by atoms with E-state index in [1.54, 1.807) is 12.4 Å². The molecule has 0 bridgehead atoms. The van der Waals surface area contributed by atoms with E-state index in [1.165, 1.54) is 5.56 Å². The number of anilines is 1.